The molecule has 0 radical (unpaired) electrons. The predicted octanol–water partition coefficient (Wildman–Crippen LogP) is 5.53. The van der Waals surface area contributed by atoms with Gasteiger partial charge in [-0.1, -0.05) is 32.4 Å². The highest BCUT2D eigenvalue weighted by Crippen LogP contribution is 2.30. The van der Waals surface area contributed by atoms with Crippen LogP contribution in [0, 0.1) is 6.92 Å². The van der Waals surface area contributed by atoms with E-state index < -0.39 is 5.97 Å². The zero-order valence-electron chi connectivity index (χ0n) is 16.2. The van der Waals surface area contributed by atoms with E-state index in [1.165, 1.54) is 5.56 Å². The summed E-state index contributed by atoms with van der Waals surface area (Å²) in [5.74, 6) is 1.96. The maximum atomic E-state index is 10.6. The van der Waals surface area contributed by atoms with E-state index in [1.807, 2.05) is 37.3 Å². The maximum Gasteiger partial charge on any atom is 0.341 e. The van der Waals surface area contributed by atoms with Gasteiger partial charge in [-0.15, -0.1) is 11.8 Å². The molecule has 0 spiro atoms. The number of hydrogen-bond acceptors (Lipinski definition) is 4. The van der Waals surface area contributed by atoms with E-state index in [4.69, 9.17) is 14.6 Å². The maximum absolute atomic E-state index is 10.6. The molecule has 4 nitrogen and oxygen atoms in total. The third-order valence-corrected chi connectivity index (χ3v) is 5.47. The van der Waals surface area contributed by atoms with Gasteiger partial charge in [-0.25, -0.2) is 4.79 Å². The van der Waals surface area contributed by atoms with Gasteiger partial charge in [0, 0.05) is 10.6 Å². The van der Waals surface area contributed by atoms with Crippen molar-refractivity contribution in [3.63, 3.8) is 0 Å². The lowest BCUT2D eigenvalue weighted by Gasteiger charge is -2.14. The van der Waals surface area contributed by atoms with Crippen LogP contribution < -0.4 is 9.47 Å². The summed E-state index contributed by atoms with van der Waals surface area (Å²) in [5, 5.41) is 8.71. The van der Waals surface area contributed by atoms with Crippen LogP contribution in [0.5, 0.6) is 11.5 Å². The average Bonchev–Trinajstić information content (AvgIpc) is 2.66. The van der Waals surface area contributed by atoms with Gasteiger partial charge in [-0.2, -0.15) is 0 Å². The quantitative estimate of drug-likeness (QED) is 0.405. The molecule has 0 aliphatic heterocycles. The third-order valence-electron chi connectivity index (χ3n) is 4.21. The Kier molecular flexibility index (Phi) is 8.52. The largest absolute Gasteiger partial charge is 0.494 e. The van der Waals surface area contributed by atoms with E-state index >= 15 is 0 Å². The van der Waals surface area contributed by atoms with Crippen LogP contribution >= 0.6 is 11.8 Å². The summed E-state index contributed by atoms with van der Waals surface area (Å²) in [6.45, 7) is 6.76. The van der Waals surface area contributed by atoms with E-state index in [0.717, 1.165) is 41.4 Å². The van der Waals surface area contributed by atoms with Gasteiger partial charge in [0.05, 0.1) is 6.61 Å². The molecule has 0 saturated heterocycles. The Morgan fingerprint density at radius 2 is 1.89 bits per heavy atom. The molecule has 2 aromatic rings. The van der Waals surface area contributed by atoms with E-state index in [9.17, 15) is 4.79 Å². The fraction of sp³-hybridized carbons (Fsp3) is 0.409. The van der Waals surface area contributed by atoms with Crippen LogP contribution in [0.15, 0.2) is 47.4 Å². The van der Waals surface area contributed by atoms with Gasteiger partial charge in [0.1, 0.15) is 11.5 Å². The number of carbonyl (C=O) groups is 1. The average molecular weight is 389 g/mol. The first-order chi connectivity index (χ1) is 13.0. The van der Waals surface area contributed by atoms with E-state index in [0.29, 0.717) is 11.7 Å². The first-order valence-electron chi connectivity index (χ1n) is 9.30. The van der Waals surface area contributed by atoms with Gasteiger partial charge < -0.3 is 14.6 Å². The minimum atomic E-state index is -0.969. The molecule has 0 bridgehead atoms. The standard InChI is InChI=1S/C22H28O4S/c1-4-5-12-25-19-8-6-18(7-9-19)17(3)15-27-20-10-11-21(16(2)13-20)26-14-22(23)24/h6-11,13,17H,4-5,12,14-15H2,1-3H3,(H,23,24). The summed E-state index contributed by atoms with van der Waals surface area (Å²) in [4.78, 5) is 11.8. The molecule has 1 unspecified atom stereocenters. The van der Waals surface area contributed by atoms with Crippen molar-refractivity contribution in [1.82, 2.24) is 0 Å². The molecule has 1 atom stereocenters. The van der Waals surface area contributed by atoms with Crippen molar-refractivity contribution in [3.05, 3.63) is 53.6 Å². The molecule has 2 rings (SSSR count). The second-order valence-corrected chi connectivity index (χ2v) is 7.69. The van der Waals surface area contributed by atoms with Crippen molar-refractivity contribution >= 4 is 17.7 Å². The van der Waals surface area contributed by atoms with Crippen LogP contribution in [0.2, 0.25) is 0 Å². The van der Waals surface area contributed by atoms with Crippen LogP contribution in [0.3, 0.4) is 0 Å². The summed E-state index contributed by atoms with van der Waals surface area (Å²) in [6, 6.07) is 14.2. The van der Waals surface area contributed by atoms with Gasteiger partial charge in [-0.05, 0) is 60.7 Å². The molecule has 0 aliphatic rings. The number of benzene rings is 2. The summed E-state index contributed by atoms with van der Waals surface area (Å²) in [6.07, 6.45) is 2.22. The lowest BCUT2D eigenvalue weighted by atomic mass is 10.0. The van der Waals surface area contributed by atoms with Crippen molar-refractivity contribution in [2.45, 2.75) is 44.4 Å². The molecule has 2 aromatic carbocycles. The van der Waals surface area contributed by atoms with Crippen molar-refractivity contribution in [2.24, 2.45) is 0 Å². The number of unbranched alkanes of at least 4 members (excludes halogenated alkanes) is 1. The van der Waals surface area contributed by atoms with Crippen molar-refractivity contribution in [2.75, 3.05) is 19.0 Å². The first kappa shape index (κ1) is 21.2. The molecule has 5 heteroatoms. The van der Waals surface area contributed by atoms with Gasteiger partial charge in [0.15, 0.2) is 6.61 Å². The summed E-state index contributed by atoms with van der Waals surface area (Å²) >= 11 is 1.79. The van der Waals surface area contributed by atoms with Crippen LogP contribution in [0.1, 0.15) is 43.7 Å². The van der Waals surface area contributed by atoms with Gasteiger partial charge in [-0.3, -0.25) is 0 Å². The van der Waals surface area contributed by atoms with Crippen molar-refractivity contribution < 1.29 is 19.4 Å². The minimum Gasteiger partial charge on any atom is -0.494 e. The number of carboxylic acids is 1. The molecule has 0 fully saturated rings. The highest BCUT2D eigenvalue weighted by molar-refractivity contribution is 7.99. The molecule has 0 amide bonds. The van der Waals surface area contributed by atoms with E-state index in [2.05, 4.69) is 26.0 Å². The number of aliphatic carboxylic acids is 1. The van der Waals surface area contributed by atoms with Crippen LogP contribution in [0.25, 0.3) is 0 Å². The lowest BCUT2D eigenvalue weighted by molar-refractivity contribution is -0.139. The molecule has 0 aromatic heterocycles. The summed E-state index contributed by atoms with van der Waals surface area (Å²) in [7, 11) is 0. The fourth-order valence-corrected chi connectivity index (χ4v) is 3.62. The van der Waals surface area contributed by atoms with Gasteiger partial charge >= 0.3 is 5.97 Å². The van der Waals surface area contributed by atoms with Crippen LogP contribution in [-0.4, -0.2) is 30.0 Å². The molecule has 27 heavy (non-hydrogen) atoms. The van der Waals surface area contributed by atoms with Crippen molar-refractivity contribution in [1.29, 1.82) is 0 Å². The van der Waals surface area contributed by atoms with Crippen LogP contribution in [0.4, 0.5) is 0 Å². The summed E-state index contributed by atoms with van der Waals surface area (Å²) in [5.41, 5.74) is 2.24. The fourth-order valence-electron chi connectivity index (χ4n) is 2.56. The summed E-state index contributed by atoms with van der Waals surface area (Å²) < 4.78 is 11.0. The topological polar surface area (TPSA) is 55.8 Å². The zero-order valence-corrected chi connectivity index (χ0v) is 17.1. The molecule has 146 valence electrons. The molecule has 0 saturated carbocycles. The third kappa shape index (κ3) is 7.18. The monoisotopic (exact) mass is 388 g/mol. The Hall–Kier alpha value is -2.14. The van der Waals surface area contributed by atoms with Crippen LogP contribution in [-0.2, 0) is 4.79 Å². The Labute approximate surface area is 165 Å². The van der Waals surface area contributed by atoms with E-state index in [-0.39, 0.29) is 6.61 Å². The number of rotatable bonds is 11. The molecular formula is C22H28O4S. The normalized spacial score (nSPS) is 11.8. The number of carboxylic acid groups (broad SMARTS) is 1. The Morgan fingerprint density at radius 3 is 2.52 bits per heavy atom. The second-order valence-electron chi connectivity index (χ2n) is 6.59. The van der Waals surface area contributed by atoms with Crippen molar-refractivity contribution in [3.8, 4) is 11.5 Å². The number of hydrogen-bond donors (Lipinski definition) is 1. The zero-order chi connectivity index (χ0) is 19.6. The van der Waals surface area contributed by atoms with E-state index in [1.54, 1.807) is 11.8 Å². The van der Waals surface area contributed by atoms with Gasteiger partial charge in [0.2, 0.25) is 0 Å². The smallest absolute Gasteiger partial charge is 0.341 e. The Bertz CT molecular complexity index is 728. The lowest BCUT2D eigenvalue weighted by Crippen LogP contribution is -2.10. The minimum absolute atomic E-state index is 0.317. The number of thioether (sulfide) groups is 1. The molecule has 1 N–H and O–H groups in total. The van der Waals surface area contributed by atoms with Gasteiger partial charge in [0.25, 0.3) is 0 Å². The molecular weight excluding hydrogens is 360 g/mol. The SMILES string of the molecule is CCCCOc1ccc(C(C)CSc2ccc(OCC(=O)O)c(C)c2)cc1. The highest BCUT2D eigenvalue weighted by atomic mass is 32.2. The number of aryl methyl sites for hydroxylation is 1. The Morgan fingerprint density at radius 1 is 1.15 bits per heavy atom. The molecule has 0 aliphatic carbocycles. The Balaban J connectivity index is 1.86. The highest BCUT2D eigenvalue weighted by Gasteiger charge is 2.09. The predicted molar refractivity (Wildman–Crippen MR) is 110 cm³/mol. The number of ether oxygens (including phenoxy) is 2. The first-order valence-corrected chi connectivity index (χ1v) is 10.3. The second kappa shape index (κ2) is 10.9. The molecule has 0 heterocycles.